The van der Waals surface area contributed by atoms with Crippen molar-refractivity contribution in [2.24, 2.45) is 0 Å². The van der Waals surface area contributed by atoms with E-state index in [4.69, 9.17) is 9.47 Å². The summed E-state index contributed by atoms with van der Waals surface area (Å²) in [7, 11) is 1.62. The molecule has 0 aliphatic heterocycles. The molecule has 0 amide bonds. The van der Waals surface area contributed by atoms with Gasteiger partial charge < -0.3 is 9.47 Å². The number of hydrogen-bond donors (Lipinski definition) is 0. The van der Waals surface area contributed by atoms with Crippen LogP contribution in [0.4, 0.5) is 0 Å². The zero-order valence-electron chi connectivity index (χ0n) is 16.9. The maximum absolute atomic E-state index is 12.0. The van der Waals surface area contributed by atoms with E-state index in [2.05, 4.69) is 6.92 Å². The van der Waals surface area contributed by atoms with E-state index in [1.165, 1.54) is 70.6 Å². The van der Waals surface area contributed by atoms with Crippen molar-refractivity contribution in [3.05, 3.63) is 29.8 Å². The van der Waals surface area contributed by atoms with Crippen LogP contribution in [0.5, 0.6) is 5.75 Å². The number of hydrogen-bond acceptors (Lipinski definition) is 3. The number of unbranched alkanes of at least 4 members (excludes halogenated alkanes) is 11. The van der Waals surface area contributed by atoms with Crippen LogP contribution in [0.15, 0.2) is 24.3 Å². The Morgan fingerprint density at radius 2 is 1.27 bits per heavy atom. The molecule has 1 aromatic rings. The van der Waals surface area contributed by atoms with Crippen molar-refractivity contribution in [3.8, 4) is 5.75 Å². The van der Waals surface area contributed by atoms with Crippen LogP contribution in [-0.2, 0) is 4.74 Å². The summed E-state index contributed by atoms with van der Waals surface area (Å²) in [6.07, 6.45) is 16.0. The number of methoxy groups -OCH3 is 1. The van der Waals surface area contributed by atoms with E-state index in [-0.39, 0.29) is 12.4 Å². The highest BCUT2D eigenvalue weighted by Crippen LogP contribution is 2.13. The molecule has 1 aromatic carbocycles. The fourth-order valence-corrected chi connectivity index (χ4v) is 3.07. The van der Waals surface area contributed by atoms with Crippen LogP contribution in [-0.4, -0.2) is 26.1 Å². The molecule has 0 saturated heterocycles. The highest BCUT2D eigenvalue weighted by Gasteiger charge is 2.05. The highest BCUT2D eigenvalue weighted by atomic mass is 16.5. The second kappa shape index (κ2) is 15.9. The van der Waals surface area contributed by atoms with Gasteiger partial charge in [-0.15, -0.1) is 0 Å². The molecule has 0 spiro atoms. The van der Waals surface area contributed by atoms with Crippen LogP contribution in [0, 0.1) is 0 Å². The third kappa shape index (κ3) is 11.3. The highest BCUT2D eigenvalue weighted by molar-refractivity contribution is 5.97. The summed E-state index contributed by atoms with van der Waals surface area (Å²) >= 11 is 0. The Morgan fingerprint density at radius 3 is 1.77 bits per heavy atom. The molecule has 148 valence electrons. The lowest BCUT2D eigenvalue weighted by atomic mass is 10.1. The number of Topliss-reactive ketones (excluding diaryl/α,β-unsaturated/α-hetero) is 1. The number of carbonyl (C=O) groups is 1. The topological polar surface area (TPSA) is 35.5 Å². The minimum atomic E-state index is 0.0339. The van der Waals surface area contributed by atoms with Crippen molar-refractivity contribution in [1.82, 2.24) is 0 Å². The lowest BCUT2D eigenvalue weighted by Gasteiger charge is -2.05. The molecule has 0 bridgehead atoms. The molecule has 3 nitrogen and oxygen atoms in total. The van der Waals surface area contributed by atoms with Crippen molar-refractivity contribution in [2.45, 2.75) is 84.0 Å². The Labute approximate surface area is 160 Å². The van der Waals surface area contributed by atoms with Crippen LogP contribution in [0.3, 0.4) is 0 Å². The normalized spacial score (nSPS) is 10.8. The number of ketones is 1. The molecule has 0 unspecified atom stereocenters. The van der Waals surface area contributed by atoms with Crippen LogP contribution >= 0.6 is 0 Å². The first kappa shape index (κ1) is 22.7. The van der Waals surface area contributed by atoms with Gasteiger partial charge in [0, 0.05) is 12.2 Å². The van der Waals surface area contributed by atoms with Gasteiger partial charge in [-0.05, 0) is 30.7 Å². The first-order valence-corrected chi connectivity index (χ1v) is 10.5. The molecule has 0 aliphatic carbocycles. The molecule has 0 aromatic heterocycles. The fraction of sp³-hybridized carbons (Fsp3) is 0.696. The average Bonchev–Trinajstić information content (AvgIpc) is 2.68. The van der Waals surface area contributed by atoms with Crippen LogP contribution in [0.25, 0.3) is 0 Å². The predicted molar refractivity (Wildman–Crippen MR) is 109 cm³/mol. The molecule has 0 fully saturated rings. The molecule has 0 radical (unpaired) electrons. The van der Waals surface area contributed by atoms with Gasteiger partial charge >= 0.3 is 0 Å². The average molecular weight is 363 g/mol. The maximum Gasteiger partial charge on any atom is 0.188 e. The molecular formula is C23H38O3. The maximum atomic E-state index is 12.0. The summed E-state index contributed by atoms with van der Waals surface area (Å²) in [6.45, 7) is 3.12. The molecule has 0 aliphatic rings. The van der Waals surface area contributed by atoms with Gasteiger partial charge in [-0.25, -0.2) is 0 Å². The molecule has 0 saturated carbocycles. The number of carbonyl (C=O) groups excluding carboxylic acids is 1. The summed E-state index contributed by atoms with van der Waals surface area (Å²) in [5, 5.41) is 0. The quantitative estimate of drug-likeness (QED) is 0.231. The van der Waals surface area contributed by atoms with Gasteiger partial charge in [-0.1, -0.05) is 77.6 Å². The second-order valence-electron chi connectivity index (χ2n) is 7.09. The smallest absolute Gasteiger partial charge is 0.188 e. The Balaban J connectivity index is 1.87. The first-order chi connectivity index (χ1) is 12.8. The number of ether oxygens (including phenoxy) is 2. The summed E-state index contributed by atoms with van der Waals surface area (Å²) in [6, 6.07) is 7.18. The zero-order valence-corrected chi connectivity index (χ0v) is 16.9. The minimum Gasteiger partial charge on any atom is -0.497 e. The summed E-state index contributed by atoms with van der Waals surface area (Å²) in [5.74, 6) is 0.797. The lowest BCUT2D eigenvalue weighted by Crippen LogP contribution is -2.09. The monoisotopic (exact) mass is 362 g/mol. The Morgan fingerprint density at radius 1 is 0.769 bits per heavy atom. The molecule has 3 heteroatoms. The van der Waals surface area contributed by atoms with E-state index in [1.807, 2.05) is 0 Å². The SMILES string of the molecule is CCCCCCCCCCCCCCOCC(=O)c1ccc(OC)cc1. The van der Waals surface area contributed by atoms with Gasteiger partial charge in [0.2, 0.25) is 0 Å². The van der Waals surface area contributed by atoms with Crippen molar-refractivity contribution < 1.29 is 14.3 Å². The van der Waals surface area contributed by atoms with E-state index in [9.17, 15) is 4.79 Å². The largest absolute Gasteiger partial charge is 0.497 e. The van der Waals surface area contributed by atoms with Crippen LogP contribution in [0.1, 0.15) is 94.3 Å². The van der Waals surface area contributed by atoms with E-state index in [0.717, 1.165) is 12.2 Å². The summed E-state index contributed by atoms with van der Waals surface area (Å²) < 4.78 is 10.6. The van der Waals surface area contributed by atoms with E-state index >= 15 is 0 Å². The predicted octanol–water partition coefficient (Wildman–Crippen LogP) is 6.60. The van der Waals surface area contributed by atoms with E-state index in [1.54, 1.807) is 31.4 Å². The molecule has 0 atom stereocenters. The summed E-state index contributed by atoms with van der Waals surface area (Å²) in [5.41, 5.74) is 0.681. The van der Waals surface area contributed by atoms with Gasteiger partial charge in [0.25, 0.3) is 0 Å². The van der Waals surface area contributed by atoms with Crippen molar-refractivity contribution in [3.63, 3.8) is 0 Å². The van der Waals surface area contributed by atoms with Crippen LogP contribution in [0.2, 0.25) is 0 Å². The zero-order chi connectivity index (χ0) is 18.9. The third-order valence-corrected chi connectivity index (χ3v) is 4.79. The van der Waals surface area contributed by atoms with Gasteiger partial charge in [0.15, 0.2) is 5.78 Å². The van der Waals surface area contributed by atoms with Crippen LogP contribution < -0.4 is 4.74 Å². The Kier molecular flexibility index (Phi) is 13.8. The van der Waals surface area contributed by atoms with E-state index in [0.29, 0.717) is 12.2 Å². The molecule has 0 heterocycles. The number of benzene rings is 1. The van der Waals surface area contributed by atoms with E-state index < -0.39 is 0 Å². The number of rotatable bonds is 17. The Bertz CT molecular complexity index is 453. The first-order valence-electron chi connectivity index (χ1n) is 10.5. The minimum absolute atomic E-state index is 0.0339. The lowest BCUT2D eigenvalue weighted by molar-refractivity contribution is 0.0752. The molecule has 26 heavy (non-hydrogen) atoms. The third-order valence-electron chi connectivity index (χ3n) is 4.79. The van der Waals surface area contributed by atoms with Crippen molar-refractivity contribution in [1.29, 1.82) is 0 Å². The van der Waals surface area contributed by atoms with Crippen molar-refractivity contribution >= 4 is 5.78 Å². The second-order valence-corrected chi connectivity index (χ2v) is 7.09. The van der Waals surface area contributed by atoms with Gasteiger partial charge in [-0.2, -0.15) is 0 Å². The molecule has 0 N–H and O–H groups in total. The summed E-state index contributed by atoms with van der Waals surface area (Å²) in [4.78, 5) is 12.0. The van der Waals surface area contributed by atoms with Crippen molar-refractivity contribution in [2.75, 3.05) is 20.3 Å². The standard InChI is InChI=1S/C23H38O3/c1-3-4-5-6-7-8-9-10-11-12-13-14-19-26-20-23(24)21-15-17-22(25-2)18-16-21/h15-18H,3-14,19-20H2,1-2H3. The fourth-order valence-electron chi connectivity index (χ4n) is 3.07. The van der Waals surface area contributed by atoms with Gasteiger partial charge in [0.05, 0.1) is 7.11 Å². The molecular weight excluding hydrogens is 324 g/mol. The Hall–Kier alpha value is -1.35. The van der Waals surface area contributed by atoms with Gasteiger partial charge in [0.1, 0.15) is 12.4 Å². The van der Waals surface area contributed by atoms with Gasteiger partial charge in [-0.3, -0.25) is 4.79 Å². The molecule has 1 rings (SSSR count).